The van der Waals surface area contributed by atoms with Crippen LogP contribution >= 0.6 is 0 Å². The van der Waals surface area contributed by atoms with Crippen molar-refractivity contribution in [1.29, 1.82) is 0 Å². The molecule has 0 aromatic heterocycles. The summed E-state index contributed by atoms with van der Waals surface area (Å²) >= 11 is 0. The minimum absolute atomic E-state index is 0.114. The van der Waals surface area contributed by atoms with E-state index in [1.807, 2.05) is 27.9 Å². The zero-order chi connectivity index (χ0) is 14.5. The third-order valence-corrected chi connectivity index (χ3v) is 5.26. The van der Waals surface area contributed by atoms with Gasteiger partial charge in [-0.25, -0.2) is 4.79 Å². The molecular formula is C16H27NO3. The Balaban J connectivity index is 1.83. The van der Waals surface area contributed by atoms with E-state index in [9.17, 15) is 4.79 Å². The smallest absolute Gasteiger partial charge is 0.410 e. The van der Waals surface area contributed by atoms with Gasteiger partial charge in [0.1, 0.15) is 5.60 Å². The van der Waals surface area contributed by atoms with Crippen LogP contribution in [0.3, 0.4) is 0 Å². The van der Waals surface area contributed by atoms with Crippen molar-refractivity contribution < 1.29 is 14.3 Å². The summed E-state index contributed by atoms with van der Waals surface area (Å²) in [7, 11) is 1.83. The lowest BCUT2D eigenvalue weighted by Crippen LogP contribution is -2.60. The van der Waals surface area contributed by atoms with Gasteiger partial charge < -0.3 is 14.4 Å². The molecule has 20 heavy (non-hydrogen) atoms. The van der Waals surface area contributed by atoms with Crippen LogP contribution in [0.5, 0.6) is 0 Å². The second-order valence-corrected chi connectivity index (χ2v) is 7.56. The number of rotatable bonds is 1. The molecule has 4 nitrogen and oxygen atoms in total. The molecule has 4 heteroatoms. The number of piperidine rings is 1. The molecule has 2 heterocycles. The Labute approximate surface area is 121 Å². The highest BCUT2D eigenvalue weighted by atomic mass is 16.6. The van der Waals surface area contributed by atoms with Gasteiger partial charge in [0.25, 0.3) is 0 Å². The van der Waals surface area contributed by atoms with E-state index in [1.54, 1.807) is 0 Å². The lowest BCUT2D eigenvalue weighted by molar-refractivity contribution is -0.107. The fraction of sp³-hybridized carbons (Fsp3) is 0.938. The largest absolute Gasteiger partial charge is 0.444 e. The van der Waals surface area contributed by atoms with Gasteiger partial charge >= 0.3 is 6.09 Å². The van der Waals surface area contributed by atoms with Crippen LogP contribution in [-0.4, -0.2) is 41.9 Å². The minimum Gasteiger partial charge on any atom is -0.444 e. The first-order valence-corrected chi connectivity index (χ1v) is 7.96. The highest BCUT2D eigenvalue weighted by molar-refractivity contribution is 5.70. The van der Waals surface area contributed by atoms with Crippen molar-refractivity contribution in [2.24, 2.45) is 11.8 Å². The zero-order valence-corrected chi connectivity index (χ0v) is 13.1. The molecular weight excluding hydrogens is 254 g/mol. The first-order chi connectivity index (χ1) is 9.42. The summed E-state index contributed by atoms with van der Waals surface area (Å²) in [6.45, 7) is 5.82. The summed E-state index contributed by atoms with van der Waals surface area (Å²) in [5, 5.41) is 0. The summed E-state index contributed by atoms with van der Waals surface area (Å²) < 4.78 is 11.4. The van der Waals surface area contributed by atoms with Crippen molar-refractivity contribution in [2.75, 3.05) is 7.11 Å². The Hall–Kier alpha value is -0.770. The molecule has 1 aliphatic carbocycles. The van der Waals surface area contributed by atoms with Crippen LogP contribution in [0.1, 0.15) is 52.9 Å². The normalized spacial score (nSPS) is 39.8. The van der Waals surface area contributed by atoms with Crippen LogP contribution in [0, 0.1) is 11.8 Å². The van der Waals surface area contributed by atoms with E-state index in [2.05, 4.69) is 4.90 Å². The zero-order valence-electron chi connectivity index (χ0n) is 13.1. The Morgan fingerprint density at radius 1 is 1.05 bits per heavy atom. The lowest BCUT2D eigenvalue weighted by Gasteiger charge is -2.51. The second-order valence-electron chi connectivity index (χ2n) is 7.56. The molecule has 2 saturated heterocycles. The summed E-state index contributed by atoms with van der Waals surface area (Å²) in [5.74, 6) is 1.01. The maximum Gasteiger partial charge on any atom is 0.410 e. The molecule has 5 atom stereocenters. The van der Waals surface area contributed by atoms with E-state index in [1.165, 1.54) is 19.3 Å². The lowest BCUT2D eigenvalue weighted by atomic mass is 9.71. The van der Waals surface area contributed by atoms with Crippen molar-refractivity contribution in [3.8, 4) is 0 Å². The van der Waals surface area contributed by atoms with Gasteiger partial charge in [0, 0.05) is 31.0 Å². The van der Waals surface area contributed by atoms with Crippen LogP contribution in [0.4, 0.5) is 4.79 Å². The molecule has 114 valence electrons. The Kier molecular flexibility index (Phi) is 3.47. The Morgan fingerprint density at radius 2 is 1.60 bits per heavy atom. The fourth-order valence-electron chi connectivity index (χ4n) is 4.70. The van der Waals surface area contributed by atoms with Gasteiger partial charge in [0.05, 0.1) is 6.10 Å². The number of ether oxygens (including phenoxy) is 2. The van der Waals surface area contributed by atoms with Crippen LogP contribution in [-0.2, 0) is 9.47 Å². The van der Waals surface area contributed by atoms with Gasteiger partial charge in [-0.2, -0.15) is 0 Å². The minimum atomic E-state index is -0.413. The number of hydrogen-bond acceptors (Lipinski definition) is 3. The Morgan fingerprint density at radius 3 is 2.05 bits per heavy atom. The van der Waals surface area contributed by atoms with Gasteiger partial charge in [0.2, 0.25) is 0 Å². The highest BCUT2D eigenvalue weighted by Gasteiger charge is 2.56. The third-order valence-electron chi connectivity index (χ3n) is 5.26. The van der Waals surface area contributed by atoms with Crippen LogP contribution in [0.15, 0.2) is 0 Å². The van der Waals surface area contributed by atoms with Crippen LogP contribution in [0.2, 0.25) is 0 Å². The van der Waals surface area contributed by atoms with Gasteiger partial charge in [-0.05, 0) is 46.5 Å². The third kappa shape index (κ3) is 2.22. The van der Waals surface area contributed by atoms with E-state index in [0.29, 0.717) is 30.0 Å². The van der Waals surface area contributed by atoms with E-state index in [-0.39, 0.29) is 6.09 Å². The molecule has 0 N–H and O–H groups in total. The van der Waals surface area contributed by atoms with E-state index < -0.39 is 5.60 Å². The van der Waals surface area contributed by atoms with Crippen molar-refractivity contribution in [3.63, 3.8) is 0 Å². The first kappa shape index (κ1) is 14.2. The van der Waals surface area contributed by atoms with Crippen LogP contribution < -0.4 is 0 Å². The number of fused-ring (bicyclic) bond motifs is 6. The summed E-state index contributed by atoms with van der Waals surface area (Å²) in [6.07, 6.45) is 6.12. The molecule has 4 bridgehead atoms. The number of nitrogens with zero attached hydrogens (tertiary/aromatic N) is 1. The predicted octanol–water partition coefficient (Wildman–Crippen LogP) is 3.20. The predicted molar refractivity (Wildman–Crippen MR) is 76.5 cm³/mol. The van der Waals surface area contributed by atoms with E-state index in [0.717, 1.165) is 12.8 Å². The molecule has 1 amide bonds. The molecule has 2 aliphatic heterocycles. The standard InChI is InChI=1S/C16H27NO3/c1-16(2,3)20-15(18)17-12-8-9-13(17)11-7-5-6-10(12)14(11)19-4/h10-14H,5-9H2,1-4H3/t10-,11+,12-,13+,14?. The number of hydrogen-bond donors (Lipinski definition) is 0. The first-order valence-electron chi connectivity index (χ1n) is 7.96. The summed E-state index contributed by atoms with van der Waals surface area (Å²) in [4.78, 5) is 14.6. The Bertz CT molecular complexity index is 370. The summed E-state index contributed by atoms with van der Waals surface area (Å²) in [6, 6.07) is 0.660. The molecule has 0 spiro atoms. The highest BCUT2D eigenvalue weighted by Crippen LogP contribution is 2.50. The maximum atomic E-state index is 12.6. The number of methoxy groups -OCH3 is 1. The van der Waals surface area contributed by atoms with Crippen LogP contribution in [0.25, 0.3) is 0 Å². The van der Waals surface area contributed by atoms with E-state index >= 15 is 0 Å². The van der Waals surface area contributed by atoms with Gasteiger partial charge in [-0.15, -0.1) is 0 Å². The fourth-order valence-corrected chi connectivity index (χ4v) is 4.70. The van der Waals surface area contributed by atoms with Gasteiger partial charge in [-0.1, -0.05) is 6.42 Å². The second kappa shape index (κ2) is 4.90. The molecule has 0 radical (unpaired) electrons. The monoisotopic (exact) mass is 281 g/mol. The van der Waals surface area contributed by atoms with Gasteiger partial charge in [-0.3, -0.25) is 0 Å². The van der Waals surface area contributed by atoms with Crippen molar-refractivity contribution in [1.82, 2.24) is 4.90 Å². The average Bonchev–Trinajstić information content (AvgIpc) is 2.76. The maximum absolute atomic E-state index is 12.6. The molecule has 3 fully saturated rings. The quantitative estimate of drug-likeness (QED) is 0.741. The van der Waals surface area contributed by atoms with Crippen molar-refractivity contribution >= 4 is 6.09 Å². The average molecular weight is 281 g/mol. The molecule has 3 rings (SSSR count). The molecule has 1 unspecified atom stereocenters. The molecule has 1 saturated carbocycles. The van der Waals surface area contributed by atoms with E-state index in [4.69, 9.17) is 9.47 Å². The number of carbonyl (C=O) groups is 1. The SMILES string of the molecule is COC1[C@H]2CCC[C@@H]1[C@H]1CC[C@@H]2N1C(=O)OC(C)(C)C. The molecule has 0 aromatic rings. The molecule has 3 aliphatic rings. The molecule has 0 aromatic carbocycles. The van der Waals surface area contributed by atoms with Crippen molar-refractivity contribution in [3.05, 3.63) is 0 Å². The number of carbonyl (C=O) groups excluding carboxylic acids is 1. The van der Waals surface area contributed by atoms with Crippen molar-refractivity contribution in [2.45, 2.75) is 76.7 Å². The number of amides is 1. The van der Waals surface area contributed by atoms with Gasteiger partial charge in [0.15, 0.2) is 0 Å². The summed E-state index contributed by atoms with van der Waals surface area (Å²) in [5.41, 5.74) is -0.413. The topological polar surface area (TPSA) is 38.8 Å².